The van der Waals surface area contributed by atoms with Crippen LogP contribution in [-0.2, 0) is 9.16 Å². The summed E-state index contributed by atoms with van der Waals surface area (Å²) in [5.74, 6) is 0. The van der Waals surface area contributed by atoms with Gasteiger partial charge in [0.15, 0.2) is 8.32 Å². The van der Waals surface area contributed by atoms with E-state index in [9.17, 15) is 0 Å². The largest absolute Gasteiger partial charge is 0.405 e. The normalized spacial score (nSPS) is 13.9. The lowest BCUT2D eigenvalue weighted by Crippen LogP contribution is -2.42. The summed E-state index contributed by atoms with van der Waals surface area (Å²) in [5, 5.41) is 1.25. The average molecular weight is 473 g/mol. The summed E-state index contributed by atoms with van der Waals surface area (Å²) in [7, 11) is -0.354. The molecule has 1 heterocycles. The van der Waals surface area contributed by atoms with E-state index in [1.165, 1.54) is 0 Å². The van der Waals surface area contributed by atoms with Crippen molar-refractivity contribution in [3.05, 3.63) is 46.2 Å². The molecule has 0 aliphatic heterocycles. The topological polar surface area (TPSA) is 32.6 Å². The molecule has 0 aliphatic rings. The Morgan fingerprint density at radius 2 is 1.92 bits per heavy atom. The zero-order chi connectivity index (χ0) is 18.8. The fourth-order valence-electron chi connectivity index (χ4n) is 2.39. The number of hydrogen-bond donors (Lipinski definition) is 0. The number of fused-ring (bicyclic) bond motifs is 1. The SMILES string of the molecule is C=CC(O[Si](C)(C)C(C)(C)C)c1c(I)c2ccccc2n1OCOC. The highest BCUT2D eigenvalue weighted by molar-refractivity contribution is 14.1. The summed E-state index contributed by atoms with van der Waals surface area (Å²) in [6.07, 6.45) is 1.63. The Balaban J connectivity index is 2.56. The molecule has 2 aromatic rings. The van der Waals surface area contributed by atoms with E-state index in [4.69, 9.17) is 14.0 Å². The minimum atomic E-state index is -1.97. The van der Waals surface area contributed by atoms with Crippen molar-refractivity contribution in [1.82, 2.24) is 4.73 Å². The maximum Gasteiger partial charge on any atom is 0.214 e. The van der Waals surface area contributed by atoms with Gasteiger partial charge in [0.1, 0.15) is 11.8 Å². The smallest absolute Gasteiger partial charge is 0.214 e. The van der Waals surface area contributed by atoms with Crippen LogP contribution in [0.1, 0.15) is 32.6 Å². The van der Waals surface area contributed by atoms with Crippen LogP contribution in [0.15, 0.2) is 36.9 Å². The second-order valence-electron chi connectivity index (χ2n) is 7.58. The Bertz CT molecular complexity index is 749. The molecule has 0 amide bonds. The number of rotatable bonds is 7. The molecule has 4 nitrogen and oxygen atoms in total. The lowest BCUT2D eigenvalue weighted by atomic mass is 10.2. The Hall–Kier alpha value is -0.833. The number of methoxy groups -OCH3 is 1. The first-order chi connectivity index (χ1) is 11.6. The van der Waals surface area contributed by atoms with E-state index in [0.717, 1.165) is 20.2 Å². The highest BCUT2D eigenvalue weighted by Crippen LogP contribution is 2.41. The van der Waals surface area contributed by atoms with Gasteiger partial charge in [0, 0.05) is 16.1 Å². The zero-order valence-electron chi connectivity index (χ0n) is 15.9. The standard InChI is InChI=1S/C19H28INO3Si/c1-8-16(24-25(6,7)19(2,3)4)18-17(20)14-11-9-10-12-15(14)21(18)23-13-22-5/h8-12,16H,1,13H2,2-7H3. The van der Waals surface area contributed by atoms with Crippen LogP contribution in [0.25, 0.3) is 10.9 Å². The second-order valence-corrected chi connectivity index (χ2v) is 13.4. The number of hydrogen-bond acceptors (Lipinski definition) is 3. The molecule has 1 aromatic carbocycles. The summed E-state index contributed by atoms with van der Waals surface area (Å²) >= 11 is 2.37. The zero-order valence-corrected chi connectivity index (χ0v) is 19.1. The van der Waals surface area contributed by atoms with Gasteiger partial charge in [0.25, 0.3) is 0 Å². The predicted octanol–water partition coefficient (Wildman–Crippen LogP) is 5.53. The molecule has 1 atom stereocenters. The van der Waals surface area contributed by atoms with Crippen molar-refractivity contribution in [3.63, 3.8) is 0 Å². The minimum Gasteiger partial charge on any atom is -0.405 e. The Labute approximate surface area is 165 Å². The molecule has 0 fully saturated rings. The van der Waals surface area contributed by atoms with Crippen LogP contribution in [0.4, 0.5) is 0 Å². The fourth-order valence-corrected chi connectivity index (χ4v) is 4.57. The number of halogens is 1. The summed E-state index contributed by atoms with van der Waals surface area (Å²) in [6, 6.07) is 8.18. The highest BCUT2D eigenvalue weighted by atomic mass is 127. The molecule has 1 unspecified atom stereocenters. The first-order valence-electron chi connectivity index (χ1n) is 8.35. The van der Waals surface area contributed by atoms with Crippen LogP contribution < -0.4 is 4.84 Å². The van der Waals surface area contributed by atoms with Crippen molar-refractivity contribution in [2.75, 3.05) is 13.9 Å². The van der Waals surface area contributed by atoms with E-state index in [0.29, 0.717) is 0 Å². The van der Waals surface area contributed by atoms with E-state index in [1.807, 2.05) is 29.0 Å². The van der Waals surface area contributed by atoms with Gasteiger partial charge in [-0.2, -0.15) is 4.73 Å². The van der Waals surface area contributed by atoms with E-state index in [-0.39, 0.29) is 17.9 Å². The van der Waals surface area contributed by atoms with Crippen molar-refractivity contribution in [2.45, 2.75) is 45.0 Å². The molecule has 0 saturated carbocycles. The summed E-state index contributed by atoms with van der Waals surface area (Å²) in [5.41, 5.74) is 1.98. The monoisotopic (exact) mass is 473 g/mol. The average Bonchev–Trinajstić information content (AvgIpc) is 2.82. The number of ether oxygens (including phenoxy) is 1. The Morgan fingerprint density at radius 3 is 2.48 bits per heavy atom. The second kappa shape index (κ2) is 7.81. The first-order valence-corrected chi connectivity index (χ1v) is 12.3. The number of benzene rings is 1. The van der Waals surface area contributed by atoms with Crippen LogP contribution >= 0.6 is 22.6 Å². The van der Waals surface area contributed by atoms with Gasteiger partial charge in [0.2, 0.25) is 6.79 Å². The third-order valence-electron chi connectivity index (χ3n) is 4.81. The van der Waals surface area contributed by atoms with E-state index in [1.54, 1.807) is 7.11 Å². The van der Waals surface area contributed by atoms with Gasteiger partial charge in [-0.25, -0.2) is 0 Å². The van der Waals surface area contributed by atoms with Gasteiger partial charge in [0.05, 0.1) is 5.52 Å². The third kappa shape index (κ3) is 4.12. The van der Waals surface area contributed by atoms with Crippen LogP contribution in [0.5, 0.6) is 0 Å². The third-order valence-corrected chi connectivity index (χ3v) is 10.4. The van der Waals surface area contributed by atoms with Crippen LogP contribution in [0, 0.1) is 3.57 Å². The molecule has 0 saturated heterocycles. The van der Waals surface area contributed by atoms with Crippen molar-refractivity contribution in [2.24, 2.45) is 0 Å². The van der Waals surface area contributed by atoms with Gasteiger partial charge < -0.3 is 14.0 Å². The summed E-state index contributed by atoms with van der Waals surface area (Å²) in [6.45, 7) is 15.4. The van der Waals surface area contributed by atoms with Gasteiger partial charge >= 0.3 is 0 Å². The maximum absolute atomic E-state index is 6.64. The van der Waals surface area contributed by atoms with E-state index >= 15 is 0 Å². The lowest BCUT2D eigenvalue weighted by molar-refractivity contribution is -0.0394. The van der Waals surface area contributed by atoms with Crippen LogP contribution in [0.3, 0.4) is 0 Å². The molecule has 6 heteroatoms. The molecular formula is C19H28INO3Si. The molecular weight excluding hydrogens is 445 g/mol. The molecule has 138 valence electrons. The van der Waals surface area contributed by atoms with Crippen LogP contribution in [-0.4, -0.2) is 27.0 Å². The number of nitrogens with zero attached hydrogens (tertiary/aromatic N) is 1. The van der Waals surface area contributed by atoms with E-state index < -0.39 is 8.32 Å². The lowest BCUT2D eigenvalue weighted by Gasteiger charge is -2.38. The molecule has 25 heavy (non-hydrogen) atoms. The quantitative estimate of drug-likeness (QED) is 0.230. The Morgan fingerprint density at radius 1 is 1.28 bits per heavy atom. The molecule has 2 rings (SSSR count). The molecule has 0 radical (unpaired) electrons. The molecule has 0 aliphatic carbocycles. The maximum atomic E-state index is 6.64. The van der Waals surface area contributed by atoms with Crippen molar-refractivity contribution >= 4 is 41.8 Å². The number of para-hydroxylation sites is 1. The summed E-state index contributed by atoms with van der Waals surface area (Å²) in [4.78, 5) is 5.88. The fraction of sp³-hybridized carbons (Fsp3) is 0.474. The van der Waals surface area contributed by atoms with Gasteiger partial charge in [-0.15, -0.1) is 6.58 Å². The van der Waals surface area contributed by atoms with Gasteiger partial charge in [-0.1, -0.05) is 45.0 Å². The molecule has 1 aromatic heterocycles. The highest BCUT2D eigenvalue weighted by Gasteiger charge is 2.40. The van der Waals surface area contributed by atoms with Gasteiger partial charge in [-0.3, -0.25) is 0 Å². The van der Waals surface area contributed by atoms with Crippen LogP contribution in [0.2, 0.25) is 18.1 Å². The van der Waals surface area contributed by atoms with Gasteiger partial charge in [-0.05, 0) is 46.8 Å². The number of aromatic nitrogens is 1. The Kier molecular flexibility index (Phi) is 6.40. The van der Waals surface area contributed by atoms with Crippen molar-refractivity contribution in [3.8, 4) is 0 Å². The molecule has 0 spiro atoms. The molecule has 0 bridgehead atoms. The van der Waals surface area contributed by atoms with E-state index in [2.05, 4.69) is 69.1 Å². The molecule has 0 N–H and O–H groups in total. The van der Waals surface area contributed by atoms with Crippen molar-refractivity contribution in [1.29, 1.82) is 0 Å². The van der Waals surface area contributed by atoms with Crippen molar-refractivity contribution < 1.29 is 14.0 Å². The predicted molar refractivity (Wildman–Crippen MR) is 114 cm³/mol. The summed E-state index contributed by atoms with van der Waals surface area (Å²) < 4.78 is 14.7. The minimum absolute atomic E-state index is 0.115. The first kappa shape index (κ1) is 20.5.